The Morgan fingerprint density at radius 3 is 2.71 bits per heavy atom. The first-order valence-corrected chi connectivity index (χ1v) is 6.85. The lowest BCUT2D eigenvalue weighted by Crippen LogP contribution is -2.25. The molecule has 1 aromatic carbocycles. The number of nitrogens with zero attached hydrogens (tertiary/aromatic N) is 1. The Morgan fingerprint density at radius 1 is 1.29 bits per heavy atom. The largest absolute Gasteiger partial charge is 0.481 e. The summed E-state index contributed by atoms with van der Waals surface area (Å²) in [6.07, 6.45) is 1.87. The number of carboxylic acid groups (broad SMARTS) is 1. The van der Waals surface area contributed by atoms with Crippen molar-refractivity contribution in [2.45, 2.75) is 19.3 Å². The summed E-state index contributed by atoms with van der Waals surface area (Å²) in [5.74, 6) is -2.70. The molecule has 1 aliphatic rings. The fourth-order valence-electron chi connectivity index (χ4n) is 3.07. The van der Waals surface area contributed by atoms with Crippen LogP contribution < -0.4 is 5.76 Å². The Hall–Kier alpha value is -2.37. The summed E-state index contributed by atoms with van der Waals surface area (Å²) in [5, 5.41) is 9.18. The zero-order valence-corrected chi connectivity index (χ0v) is 11.5. The van der Waals surface area contributed by atoms with Crippen molar-refractivity contribution >= 4 is 22.9 Å². The molecule has 0 radical (unpaired) electrons. The first-order chi connectivity index (χ1) is 9.99. The molecule has 3 rings (SSSR count). The van der Waals surface area contributed by atoms with E-state index in [0.717, 1.165) is 6.42 Å². The smallest absolute Gasteiger partial charge is 0.419 e. The normalized spacial score (nSPS) is 21.8. The van der Waals surface area contributed by atoms with E-state index >= 15 is 0 Å². The lowest BCUT2D eigenvalue weighted by Gasteiger charge is -2.14. The number of aromatic nitrogens is 1. The highest BCUT2D eigenvalue weighted by Crippen LogP contribution is 2.34. The second kappa shape index (κ2) is 4.87. The molecule has 0 saturated heterocycles. The third-order valence-corrected chi connectivity index (χ3v) is 4.25. The molecule has 1 heterocycles. The third kappa shape index (κ3) is 2.16. The Labute approximate surface area is 120 Å². The minimum Gasteiger partial charge on any atom is -0.481 e. The van der Waals surface area contributed by atoms with Gasteiger partial charge in [-0.2, -0.15) is 0 Å². The number of aliphatic carboxylic acids is 1. The Bertz CT molecular complexity index is 785. The van der Waals surface area contributed by atoms with Crippen molar-refractivity contribution < 1.29 is 19.1 Å². The third-order valence-electron chi connectivity index (χ3n) is 4.25. The molecule has 1 aromatic heterocycles. The average molecular weight is 289 g/mol. The van der Waals surface area contributed by atoms with Crippen molar-refractivity contribution in [2.24, 2.45) is 18.9 Å². The second-order valence-electron chi connectivity index (χ2n) is 5.46. The monoisotopic (exact) mass is 289 g/mol. The maximum Gasteiger partial charge on any atom is 0.419 e. The van der Waals surface area contributed by atoms with Gasteiger partial charge in [-0.15, -0.1) is 0 Å². The van der Waals surface area contributed by atoms with Crippen LogP contribution >= 0.6 is 0 Å². The molecule has 1 fully saturated rings. The van der Waals surface area contributed by atoms with Crippen molar-refractivity contribution in [3.05, 3.63) is 34.3 Å². The van der Waals surface area contributed by atoms with E-state index in [4.69, 9.17) is 4.42 Å². The molecule has 2 unspecified atom stereocenters. The Balaban J connectivity index is 1.98. The number of hydrogen-bond donors (Lipinski definition) is 1. The first-order valence-electron chi connectivity index (χ1n) is 6.85. The molecule has 1 aliphatic carbocycles. The quantitative estimate of drug-likeness (QED) is 0.870. The number of carbonyl (C=O) groups excluding carboxylic acids is 1. The zero-order chi connectivity index (χ0) is 15.1. The number of aryl methyl sites for hydroxylation is 1. The molecule has 21 heavy (non-hydrogen) atoms. The second-order valence-corrected chi connectivity index (χ2v) is 5.46. The number of rotatable bonds is 3. The van der Waals surface area contributed by atoms with Crippen LogP contribution in [0.4, 0.5) is 0 Å². The molecule has 2 atom stereocenters. The number of oxazole rings is 1. The topological polar surface area (TPSA) is 89.5 Å². The number of hydrogen-bond acceptors (Lipinski definition) is 4. The number of Topliss-reactive ketones (excluding diaryl/α,β-unsaturated/α-hetero) is 1. The number of benzene rings is 1. The first kappa shape index (κ1) is 13.6. The molecule has 1 saturated carbocycles. The Kier molecular flexibility index (Phi) is 3.16. The van der Waals surface area contributed by atoms with E-state index < -0.39 is 23.6 Å². The molecular formula is C15H15NO5. The van der Waals surface area contributed by atoms with Gasteiger partial charge in [0.1, 0.15) is 0 Å². The van der Waals surface area contributed by atoms with Crippen LogP contribution in [0, 0.1) is 11.8 Å². The number of carboxylic acids is 1. The van der Waals surface area contributed by atoms with Crippen molar-refractivity contribution in [1.29, 1.82) is 0 Å². The van der Waals surface area contributed by atoms with Gasteiger partial charge in [-0.25, -0.2) is 4.79 Å². The van der Waals surface area contributed by atoms with E-state index in [-0.39, 0.29) is 5.78 Å². The summed E-state index contributed by atoms with van der Waals surface area (Å²) >= 11 is 0. The highest BCUT2D eigenvalue weighted by molar-refractivity contribution is 6.02. The molecule has 0 spiro atoms. The average Bonchev–Trinajstić information content (AvgIpc) is 3.04. The van der Waals surface area contributed by atoms with Gasteiger partial charge < -0.3 is 9.52 Å². The summed E-state index contributed by atoms with van der Waals surface area (Å²) in [6.45, 7) is 0. The molecule has 0 bridgehead atoms. The number of carbonyl (C=O) groups is 2. The zero-order valence-electron chi connectivity index (χ0n) is 11.5. The molecule has 2 aromatic rings. The van der Waals surface area contributed by atoms with Crippen LogP contribution in [0.3, 0.4) is 0 Å². The van der Waals surface area contributed by atoms with Crippen LogP contribution in [-0.4, -0.2) is 21.4 Å². The summed E-state index contributed by atoms with van der Waals surface area (Å²) in [7, 11) is 1.59. The van der Waals surface area contributed by atoms with Gasteiger partial charge in [-0.05, 0) is 31.0 Å². The van der Waals surface area contributed by atoms with Crippen molar-refractivity contribution in [1.82, 2.24) is 4.57 Å². The standard InChI is InChI=1S/C15H15NO5/c1-16-11-6-5-8(7-12(11)21-15(16)20)13(17)9-3-2-4-10(9)14(18)19/h5-7,9-10H,2-4H2,1H3,(H,18,19). The van der Waals surface area contributed by atoms with Gasteiger partial charge >= 0.3 is 11.7 Å². The maximum atomic E-state index is 12.5. The van der Waals surface area contributed by atoms with Gasteiger partial charge in [-0.1, -0.05) is 6.42 Å². The van der Waals surface area contributed by atoms with Crippen molar-refractivity contribution in [3.63, 3.8) is 0 Å². The van der Waals surface area contributed by atoms with Crippen molar-refractivity contribution in [2.75, 3.05) is 0 Å². The van der Waals surface area contributed by atoms with Gasteiger partial charge in [0.2, 0.25) is 0 Å². The van der Waals surface area contributed by atoms with E-state index in [2.05, 4.69) is 0 Å². The SMILES string of the molecule is Cn1c(=O)oc2cc(C(=O)C3CCCC3C(=O)O)ccc21. The van der Waals surface area contributed by atoms with Crippen LogP contribution in [-0.2, 0) is 11.8 Å². The van der Waals surface area contributed by atoms with Gasteiger partial charge in [0.15, 0.2) is 11.4 Å². The molecule has 6 nitrogen and oxygen atoms in total. The van der Waals surface area contributed by atoms with Crippen LogP contribution in [0.5, 0.6) is 0 Å². The van der Waals surface area contributed by atoms with E-state index in [1.807, 2.05) is 0 Å². The lowest BCUT2D eigenvalue weighted by atomic mass is 9.88. The van der Waals surface area contributed by atoms with Crippen LogP contribution in [0.2, 0.25) is 0 Å². The van der Waals surface area contributed by atoms with Crippen LogP contribution in [0.15, 0.2) is 27.4 Å². The van der Waals surface area contributed by atoms with Gasteiger partial charge in [0.05, 0.1) is 11.4 Å². The molecule has 6 heteroatoms. The minimum atomic E-state index is -0.918. The number of fused-ring (bicyclic) bond motifs is 1. The van der Waals surface area contributed by atoms with Gasteiger partial charge in [0.25, 0.3) is 0 Å². The summed E-state index contributed by atoms with van der Waals surface area (Å²) < 4.78 is 6.43. The molecule has 1 N–H and O–H groups in total. The maximum absolute atomic E-state index is 12.5. The molecule has 0 amide bonds. The van der Waals surface area contributed by atoms with E-state index in [9.17, 15) is 19.5 Å². The predicted octanol–water partition coefficient (Wildman–Crippen LogP) is 1.82. The lowest BCUT2D eigenvalue weighted by molar-refractivity contribution is -0.142. The fraction of sp³-hybridized carbons (Fsp3) is 0.400. The highest BCUT2D eigenvalue weighted by Gasteiger charge is 2.38. The van der Waals surface area contributed by atoms with E-state index in [0.29, 0.717) is 29.5 Å². The summed E-state index contributed by atoms with van der Waals surface area (Å²) in [4.78, 5) is 35.2. The fourth-order valence-corrected chi connectivity index (χ4v) is 3.07. The van der Waals surface area contributed by atoms with E-state index in [1.54, 1.807) is 19.2 Å². The molecule has 110 valence electrons. The van der Waals surface area contributed by atoms with Crippen LogP contribution in [0.25, 0.3) is 11.1 Å². The summed E-state index contributed by atoms with van der Waals surface area (Å²) in [5.41, 5.74) is 1.35. The molecule has 0 aliphatic heterocycles. The Morgan fingerprint density at radius 2 is 2.00 bits per heavy atom. The molecular weight excluding hydrogens is 274 g/mol. The van der Waals surface area contributed by atoms with Gasteiger partial charge in [0, 0.05) is 18.5 Å². The van der Waals surface area contributed by atoms with Crippen LogP contribution in [0.1, 0.15) is 29.6 Å². The predicted molar refractivity (Wildman–Crippen MR) is 74.3 cm³/mol. The highest BCUT2D eigenvalue weighted by atomic mass is 16.4. The van der Waals surface area contributed by atoms with Crippen molar-refractivity contribution in [3.8, 4) is 0 Å². The summed E-state index contributed by atoms with van der Waals surface area (Å²) in [6, 6.07) is 4.80. The van der Waals surface area contributed by atoms with E-state index in [1.165, 1.54) is 10.6 Å². The minimum absolute atomic E-state index is 0.187. The number of ketones is 1. The van der Waals surface area contributed by atoms with Gasteiger partial charge in [-0.3, -0.25) is 14.2 Å².